The van der Waals surface area contributed by atoms with Gasteiger partial charge in [-0.2, -0.15) is 0 Å². The van der Waals surface area contributed by atoms with E-state index in [0.717, 1.165) is 37.0 Å². The largest absolute Gasteiger partial charge is 0.497 e. The molecule has 0 aromatic heterocycles. The molecule has 0 spiro atoms. The first kappa shape index (κ1) is 32.2. The fourth-order valence-corrected chi connectivity index (χ4v) is 5.56. The van der Waals surface area contributed by atoms with Gasteiger partial charge in [-0.25, -0.2) is 4.79 Å². The predicted molar refractivity (Wildman–Crippen MR) is 155 cm³/mol. The van der Waals surface area contributed by atoms with Gasteiger partial charge in [-0.05, 0) is 89.3 Å². The summed E-state index contributed by atoms with van der Waals surface area (Å²) in [4.78, 5) is 53.5. The minimum Gasteiger partial charge on any atom is -0.497 e. The Bertz CT molecular complexity index is 1050. The number of aryl methyl sites for hydroxylation is 1. The lowest BCUT2D eigenvalue weighted by Gasteiger charge is -2.35. The second kappa shape index (κ2) is 15.1. The minimum absolute atomic E-state index is 0.0529. The van der Waals surface area contributed by atoms with E-state index in [-0.39, 0.29) is 30.2 Å². The number of rotatable bonds is 11. The molecule has 10 heteroatoms. The number of hydrogen-bond donors (Lipinski definition) is 2. The number of carboxylic acids is 1. The Labute approximate surface area is 243 Å². The molecule has 1 aromatic rings. The second-order valence-electron chi connectivity index (χ2n) is 12.3. The summed E-state index contributed by atoms with van der Waals surface area (Å²) in [7, 11) is 1.60. The van der Waals surface area contributed by atoms with Crippen LogP contribution in [0.5, 0.6) is 5.75 Å². The molecule has 2 aliphatic heterocycles. The Morgan fingerprint density at radius 2 is 1.80 bits per heavy atom. The first-order valence-corrected chi connectivity index (χ1v) is 14.8. The van der Waals surface area contributed by atoms with Crippen molar-refractivity contribution in [3.05, 3.63) is 29.8 Å². The summed E-state index contributed by atoms with van der Waals surface area (Å²) in [5, 5.41) is 12.4. The SMILES string of the molecule is COc1cccc(CCC(CC(=O)O)NC(=O)[C@@H]2CCCN(C(=O)CCC3CCN(C(=O)OC(C)(C)C)CC3)C2)c1. The molecular weight excluding hydrogens is 526 g/mol. The van der Waals surface area contributed by atoms with Gasteiger partial charge in [0, 0.05) is 38.6 Å². The third-order valence-corrected chi connectivity index (χ3v) is 7.86. The fraction of sp³-hybridized carbons (Fsp3) is 0.677. The van der Waals surface area contributed by atoms with Crippen LogP contribution in [0.4, 0.5) is 4.79 Å². The van der Waals surface area contributed by atoms with E-state index in [9.17, 15) is 24.3 Å². The van der Waals surface area contributed by atoms with Crippen LogP contribution in [-0.4, -0.2) is 83.7 Å². The molecule has 3 amide bonds. The lowest BCUT2D eigenvalue weighted by molar-refractivity contribution is -0.138. The Kier molecular flexibility index (Phi) is 11.8. The molecule has 0 radical (unpaired) electrons. The Hall–Kier alpha value is -3.30. The summed E-state index contributed by atoms with van der Waals surface area (Å²) in [6.45, 7) is 7.83. The van der Waals surface area contributed by atoms with Gasteiger partial charge in [-0.15, -0.1) is 0 Å². The van der Waals surface area contributed by atoms with Crippen molar-refractivity contribution in [1.29, 1.82) is 0 Å². The molecule has 0 bridgehead atoms. The lowest BCUT2D eigenvalue weighted by Crippen LogP contribution is -2.48. The summed E-state index contributed by atoms with van der Waals surface area (Å²) in [5.74, 6) is -0.329. The quantitative estimate of drug-likeness (QED) is 0.405. The predicted octanol–water partition coefficient (Wildman–Crippen LogP) is 4.25. The maximum Gasteiger partial charge on any atom is 0.410 e. The van der Waals surface area contributed by atoms with E-state index < -0.39 is 17.6 Å². The maximum absolute atomic E-state index is 13.1. The molecule has 1 unspecified atom stereocenters. The minimum atomic E-state index is -0.960. The Morgan fingerprint density at radius 3 is 2.46 bits per heavy atom. The molecule has 1 aromatic carbocycles. The third kappa shape index (κ3) is 10.9. The van der Waals surface area contributed by atoms with Crippen LogP contribution in [0.15, 0.2) is 24.3 Å². The van der Waals surface area contributed by atoms with Crippen molar-refractivity contribution in [3.8, 4) is 5.75 Å². The van der Waals surface area contributed by atoms with Gasteiger partial charge in [0.15, 0.2) is 0 Å². The summed E-state index contributed by atoms with van der Waals surface area (Å²) in [6, 6.07) is 7.11. The number of likely N-dealkylation sites (tertiary alicyclic amines) is 2. The highest BCUT2D eigenvalue weighted by Crippen LogP contribution is 2.25. The van der Waals surface area contributed by atoms with E-state index in [1.807, 2.05) is 45.0 Å². The van der Waals surface area contributed by atoms with Crippen molar-refractivity contribution in [1.82, 2.24) is 15.1 Å². The number of benzene rings is 1. The highest BCUT2D eigenvalue weighted by Gasteiger charge is 2.31. The van der Waals surface area contributed by atoms with Crippen molar-refractivity contribution >= 4 is 23.9 Å². The number of hydrogen-bond acceptors (Lipinski definition) is 6. The zero-order chi connectivity index (χ0) is 30.0. The van der Waals surface area contributed by atoms with Crippen molar-refractivity contribution in [3.63, 3.8) is 0 Å². The van der Waals surface area contributed by atoms with Crippen LogP contribution >= 0.6 is 0 Å². The first-order chi connectivity index (χ1) is 19.4. The average Bonchev–Trinajstić information content (AvgIpc) is 2.93. The number of amides is 3. The second-order valence-corrected chi connectivity index (χ2v) is 12.3. The number of nitrogens with zero attached hydrogens (tertiary/aromatic N) is 2. The standard InChI is InChI=1S/C31H47N3O7/c1-31(2,3)41-30(39)33-17-14-22(15-18-33)11-13-27(35)34-16-6-8-24(21-34)29(38)32-25(20-28(36)37)12-10-23-7-5-9-26(19-23)40-4/h5,7,9,19,22,24-25H,6,8,10-18,20-21H2,1-4H3,(H,32,38)(H,36,37)/t24-,25?/m1/s1. The lowest BCUT2D eigenvalue weighted by atomic mass is 9.91. The van der Waals surface area contributed by atoms with Crippen molar-refractivity contribution in [2.45, 2.75) is 90.2 Å². The molecule has 2 N–H and O–H groups in total. The van der Waals surface area contributed by atoms with Crippen LogP contribution in [0.3, 0.4) is 0 Å². The molecule has 0 aliphatic carbocycles. The zero-order valence-electron chi connectivity index (χ0n) is 25.0. The van der Waals surface area contributed by atoms with E-state index in [1.165, 1.54) is 0 Å². The fourth-order valence-electron chi connectivity index (χ4n) is 5.56. The van der Waals surface area contributed by atoms with Crippen LogP contribution < -0.4 is 10.1 Å². The van der Waals surface area contributed by atoms with Gasteiger partial charge in [-0.3, -0.25) is 14.4 Å². The molecule has 228 valence electrons. The molecule has 2 atom stereocenters. The summed E-state index contributed by atoms with van der Waals surface area (Å²) in [6.07, 6.45) is 4.96. The number of aliphatic carboxylic acids is 1. The monoisotopic (exact) mass is 573 g/mol. The van der Waals surface area contributed by atoms with E-state index in [4.69, 9.17) is 9.47 Å². The third-order valence-electron chi connectivity index (χ3n) is 7.86. The van der Waals surface area contributed by atoms with Crippen LogP contribution in [0, 0.1) is 11.8 Å². The van der Waals surface area contributed by atoms with Crippen molar-refractivity contribution in [2.24, 2.45) is 11.8 Å². The highest BCUT2D eigenvalue weighted by molar-refractivity contribution is 5.82. The normalized spacial score (nSPS) is 18.9. The maximum atomic E-state index is 13.1. The van der Waals surface area contributed by atoms with Gasteiger partial charge in [-0.1, -0.05) is 12.1 Å². The molecule has 2 saturated heterocycles. The van der Waals surface area contributed by atoms with Crippen molar-refractivity contribution in [2.75, 3.05) is 33.3 Å². The number of ether oxygens (including phenoxy) is 2. The molecule has 41 heavy (non-hydrogen) atoms. The number of carboxylic acid groups (broad SMARTS) is 1. The number of nitrogens with one attached hydrogen (secondary N) is 1. The molecule has 0 saturated carbocycles. The topological polar surface area (TPSA) is 125 Å². The molecule has 10 nitrogen and oxygen atoms in total. The zero-order valence-corrected chi connectivity index (χ0v) is 25.0. The van der Waals surface area contributed by atoms with Gasteiger partial charge in [0.05, 0.1) is 19.4 Å². The number of carbonyl (C=O) groups excluding carboxylic acids is 3. The van der Waals surface area contributed by atoms with Gasteiger partial charge in [0.1, 0.15) is 11.4 Å². The number of carbonyl (C=O) groups is 4. The van der Waals surface area contributed by atoms with E-state index >= 15 is 0 Å². The number of piperidine rings is 2. The van der Waals surface area contributed by atoms with E-state index in [2.05, 4.69) is 5.32 Å². The van der Waals surface area contributed by atoms with Crippen LogP contribution in [-0.2, 0) is 25.5 Å². The molecule has 2 fully saturated rings. The Balaban J connectivity index is 1.44. The first-order valence-electron chi connectivity index (χ1n) is 14.8. The molecule has 2 aliphatic rings. The van der Waals surface area contributed by atoms with E-state index in [0.29, 0.717) is 57.8 Å². The van der Waals surface area contributed by atoms with Crippen molar-refractivity contribution < 1.29 is 33.8 Å². The molecular formula is C31H47N3O7. The smallest absolute Gasteiger partial charge is 0.410 e. The van der Waals surface area contributed by atoms with Crippen LogP contribution in [0.25, 0.3) is 0 Å². The van der Waals surface area contributed by atoms with Gasteiger partial charge in [0.25, 0.3) is 0 Å². The summed E-state index contributed by atoms with van der Waals surface area (Å²) in [5.41, 5.74) is 0.497. The number of methoxy groups -OCH3 is 1. The van der Waals surface area contributed by atoms with E-state index in [1.54, 1.807) is 16.9 Å². The Morgan fingerprint density at radius 1 is 1.07 bits per heavy atom. The average molecular weight is 574 g/mol. The van der Waals surface area contributed by atoms with Crippen LogP contribution in [0.1, 0.15) is 77.7 Å². The molecule has 3 rings (SSSR count). The van der Waals surface area contributed by atoms with Gasteiger partial charge < -0.3 is 29.7 Å². The van der Waals surface area contributed by atoms with Crippen LogP contribution in [0.2, 0.25) is 0 Å². The van der Waals surface area contributed by atoms with Gasteiger partial charge >= 0.3 is 12.1 Å². The molecule has 2 heterocycles. The summed E-state index contributed by atoms with van der Waals surface area (Å²) >= 11 is 0. The highest BCUT2D eigenvalue weighted by atomic mass is 16.6. The van der Waals surface area contributed by atoms with Gasteiger partial charge in [0.2, 0.25) is 11.8 Å². The summed E-state index contributed by atoms with van der Waals surface area (Å²) < 4.78 is 10.7.